The summed E-state index contributed by atoms with van der Waals surface area (Å²) in [5.41, 5.74) is 0. The van der Waals surface area contributed by atoms with Gasteiger partial charge in [0.1, 0.15) is 13.2 Å². The van der Waals surface area contributed by atoms with Crippen molar-refractivity contribution in [1.29, 1.82) is 0 Å². The molecule has 71 heavy (non-hydrogen) atoms. The highest BCUT2D eigenvalue weighted by molar-refractivity contribution is 5.71. The van der Waals surface area contributed by atoms with Gasteiger partial charge >= 0.3 is 17.9 Å². The van der Waals surface area contributed by atoms with Crippen LogP contribution in [-0.4, -0.2) is 37.2 Å². The van der Waals surface area contributed by atoms with Crippen molar-refractivity contribution in [3.63, 3.8) is 0 Å². The molecule has 6 nitrogen and oxygen atoms in total. The maximum Gasteiger partial charge on any atom is 0.306 e. The molecule has 0 fully saturated rings. The quantitative estimate of drug-likeness (QED) is 0.0261. The first-order chi connectivity index (χ1) is 35.0. The van der Waals surface area contributed by atoms with Crippen LogP contribution in [0.4, 0.5) is 0 Å². The molecule has 0 aromatic heterocycles. The molecule has 0 aliphatic heterocycles. The molecule has 0 N–H and O–H groups in total. The van der Waals surface area contributed by atoms with Crippen LogP contribution in [0.15, 0.2) is 85.1 Å². The van der Waals surface area contributed by atoms with Crippen LogP contribution in [0.1, 0.15) is 290 Å². The Morgan fingerprint density at radius 3 is 0.873 bits per heavy atom. The lowest BCUT2D eigenvalue weighted by molar-refractivity contribution is -0.167. The maximum atomic E-state index is 12.9. The highest BCUT2D eigenvalue weighted by Crippen LogP contribution is 2.16. The molecule has 1 atom stereocenters. The third-order valence-electron chi connectivity index (χ3n) is 12.9. The van der Waals surface area contributed by atoms with E-state index >= 15 is 0 Å². The molecular weight excluding hydrogens is 877 g/mol. The Kier molecular flexibility index (Phi) is 56.3. The lowest BCUT2D eigenvalue weighted by Crippen LogP contribution is -2.30. The minimum atomic E-state index is -0.788. The van der Waals surface area contributed by atoms with Crippen molar-refractivity contribution < 1.29 is 28.6 Å². The Morgan fingerprint density at radius 1 is 0.296 bits per heavy atom. The van der Waals surface area contributed by atoms with Gasteiger partial charge in [-0.25, -0.2) is 0 Å². The summed E-state index contributed by atoms with van der Waals surface area (Å²) in [4.78, 5) is 38.3. The minimum Gasteiger partial charge on any atom is -0.462 e. The van der Waals surface area contributed by atoms with Crippen molar-refractivity contribution in [3.8, 4) is 0 Å². The summed E-state index contributed by atoms with van der Waals surface area (Å²) >= 11 is 0. The van der Waals surface area contributed by atoms with Crippen molar-refractivity contribution >= 4 is 17.9 Å². The van der Waals surface area contributed by atoms with Gasteiger partial charge in [0.2, 0.25) is 0 Å². The van der Waals surface area contributed by atoms with Gasteiger partial charge in [0.15, 0.2) is 6.10 Å². The van der Waals surface area contributed by atoms with Crippen molar-refractivity contribution in [2.75, 3.05) is 13.2 Å². The highest BCUT2D eigenvalue weighted by atomic mass is 16.6. The van der Waals surface area contributed by atoms with Gasteiger partial charge in [0.05, 0.1) is 0 Å². The molecule has 408 valence electrons. The third-order valence-corrected chi connectivity index (χ3v) is 12.9. The number of hydrogen-bond donors (Lipinski definition) is 0. The average Bonchev–Trinajstić information content (AvgIpc) is 3.37. The number of carbonyl (C=O) groups is 3. The second kappa shape index (κ2) is 59.2. The van der Waals surface area contributed by atoms with Gasteiger partial charge in [-0.1, -0.05) is 247 Å². The van der Waals surface area contributed by atoms with E-state index in [-0.39, 0.29) is 31.1 Å². The molecule has 0 saturated carbocycles. The second-order valence-corrected chi connectivity index (χ2v) is 19.8. The van der Waals surface area contributed by atoms with Gasteiger partial charge in [-0.2, -0.15) is 0 Å². The average molecular weight is 990 g/mol. The molecule has 0 aliphatic carbocycles. The second-order valence-electron chi connectivity index (χ2n) is 19.8. The molecule has 0 aromatic carbocycles. The molecule has 0 rings (SSSR count). The molecule has 0 aromatic rings. The fraction of sp³-hybridized carbons (Fsp3) is 0.738. The van der Waals surface area contributed by atoms with Crippen LogP contribution in [0.3, 0.4) is 0 Å². The summed E-state index contributed by atoms with van der Waals surface area (Å²) in [5.74, 6) is -0.897. The largest absolute Gasteiger partial charge is 0.462 e. The summed E-state index contributed by atoms with van der Waals surface area (Å²) in [5, 5.41) is 0. The van der Waals surface area contributed by atoms with Crippen molar-refractivity contribution in [2.24, 2.45) is 0 Å². The van der Waals surface area contributed by atoms with E-state index in [0.29, 0.717) is 19.3 Å². The summed E-state index contributed by atoms with van der Waals surface area (Å²) in [6, 6.07) is 0. The third kappa shape index (κ3) is 57.4. The van der Waals surface area contributed by atoms with Crippen LogP contribution in [0.25, 0.3) is 0 Å². The number of allylic oxidation sites excluding steroid dienone is 14. The predicted molar refractivity (Wildman–Crippen MR) is 307 cm³/mol. The number of ether oxygens (including phenoxy) is 3. The number of hydrogen-bond acceptors (Lipinski definition) is 6. The first-order valence-electron chi connectivity index (χ1n) is 30.1. The number of unbranched alkanes of at least 4 members (excludes halogenated alkanes) is 29. The standard InChI is InChI=1S/C65H112O6/c1-4-7-10-13-16-19-22-25-28-31-32-35-37-40-43-46-49-52-55-58-64(67)70-61-62(71-65(68)59-56-53-50-47-44-41-38-34-30-27-24-21-18-15-12-9-6-3)60-69-63(66)57-54-51-48-45-42-39-36-33-29-26-23-20-17-14-11-8-5-2/h8-9,11-12,17-18,20-21,25-30,62H,4-7,10,13-16,19,22-24,31-61H2,1-3H3/b11-8-,12-9-,20-17-,21-18-,28-25-,29-26-,30-27-. The SMILES string of the molecule is CC/C=C\C/C=C\C/C=C\CCCCCCCCCC(=O)OCC(COC(=O)CCCCCCCCCCC/C=C\CCCCCCCC)OC(=O)CCCCCCCCC/C=C\C/C=C\C/C=C\CC. The zero-order chi connectivity index (χ0) is 51.4. The van der Waals surface area contributed by atoms with E-state index in [9.17, 15) is 14.4 Å². The van der Waals surface area contributed by atoms with Gasteiger partial charge in [0.25, 0.3) is 0 Å². The smallest absolute Gasteiger partial charge is 0.306 e. The van der Waals surface area contributed by atoms with Crippen molar-refractivity contribution in [2.45, 2.75) is 297 Å². The maximum absolute atomic E-state index is 12.9. The summed E-state index contributed by atoms with van der Waals surface area (Å²) in [6.45, 7) is 6.42. The number of carbonyl (C=O) groups excluding carboxylic acids is 3. The van der Waals surface area contributed by atoms with Gasteiger partial charge in [-0.15, -0.1) is 0 Å². The van der Waals surface area contributed by atoms with Crippen LogP contribution in [-0.2, 0) is 28.6 Å². The van der Waals surface area contributed by atoms with Crippen LogP contribution in [0, 0.1) is 0 Å². The fourth-order valence-corrected chi connectivity index (χ4v) is 8.41. The first-order valence-corrected chi connectivity index (χ1v) is 30.1. The van der Waals surface area contributed by atoms with Gasteiger partial charge in [0, 0.05) is 19.3 Å². The Morgan fingerprint density at radius 2 is 0.549 bits per heavy atom. The Bertz CT molecular complexity index is 1370. The summed E-state index contributed by atoms with van der Waals surface area (Å²) in [7, 11) is 0. The zero-order valence-electron chi connectivity index (χ0n) is 46.7. The molecule has 0 aliphatic rings. The van der Waals surface area contributed by atoms with Crippen molar-refractivity contribution in [1.82, 2.24) is 0 Å². The summed E-state index contributed by atoms with van der Waals surface area (Å²) < 4.78 is 16.9. The van der Waals surface area contributed by atoms with Crippen LogP contribution >= 0.6 is 0 Å². The van der Waals surface area contributed by atoms with Gasteiger partial charge in [-0.3, -0.25) is 14.4 Å². The van der Waals surface area contributed by atoms with E-state index in [1.807, 2.05) is 0 Å². The number of esters is 3. The Balaban J connectivity index is 4.40. The topological polar surface area (TPSA) is 78.9 Å². The van der Waals surface area contributed by atoms with Crippen LogP contribution in [0.2, 0.25) is 0 Å². The molecular formula is C65H112O6. The molecule has 0 amide bonds. The molecule has 0 spiro atoms. The predicted octanol–water partition coefficient (Wildman–Crippen LogP) is 20.3. The highest BCUT2D eigenvalue weighted by Gasteiger charge is 2.19. The Labute approximate surface area is 439 Å². The zero-order valence-corrected chi connectivity index (χ0v) is 46.7. The van der Waals surface area contributed by atoms with Gasteiger partial charge in [-0.05, 0) is 109 Å². The van der Waals surface area contributed by atoms with Crippen molar-refractivity contribution in [3.05, 3.63) is 85.1 Å². The molecule has 6 heteroatoms. The van der Waals surface area contributed by atoms with Crippen LogP contribution < -0.4 is 0 Å². The lowest BCUT2D eigenvalue weighted by Gasteiger charge is -2.18. The molecule has 0 heterocycles. The van der Waals surface area contributed by atoms with E-state index in [2.05, 4.69) is 106 Å². The lowest BCUT2D eigenvalue weighted by atomic mass is 10.1. The van der Waals surface area contributed by atoms with E-state index in [1.54, 1.807) is 0 Å². The monoisotopic (exact) mass is 989 g/mol. The molecule has 0 bridgehead atoms. The molecule has 0 saturated heterocycles. The molecule has 0 radical (unpaired) electrons. The normalized spacial score (nSPS) is 12.7. The van der Waals surface area contributed by atoms with E-state index in [1.165, 1.54) is 141 Å². The Hall–Kier alpha value is -3.41. The van der Waals surface area contributed by atoms with E-state index in [0.717, 1.165) is 109 Å². The van der Waals surface area contributed by atoms with E-state index in [4.69, 9.17) is 14.2 Å². The first kappa shape index (κ1) is 67.6. The minimum absolute atomic E-state index is 0.0842. The molecule has 1 unspecified atom stereocenters. The van der Waals surface area contributed by atoms with Crippen LogP contribution in [0.5, 0.6) is 0 Å². The van der Waals surface area contributed by atoms with Gasteiger partial charge < -0.3 is 14.2 Å². The summed E-state index contributed by atoms with van der Waals surface area (Å²) in [6.07, 6.45) is 77.2. The fourth-order valence-electron chi connectivity index (χ4n) is 8.41. The van der Waals surface area contributed by atoms with E-state index < -0.39 is 6.10 Å². The number of rotatable bonds is 54.